The van der Waals surface area contributed by atoms with Crippen molar-refractivity contribution in [2.45, 2.75) is 77.2 Å². The van der Waals surface area contributed by atoms with Gasteiger partial charge in [-0.05, 0) is 92.4 Å². The largest absolute Gasteiger partial charge is 0.415 e. The van der Waals surface area contributed by atoms with E-state index < -0.39 is 0 Å². The van der Waals surface area contributed by atoms with Crippen LogP contribution in [0.2, 0.25) is 0 Å². The predicted molar refractivity (Wildman–Crippen MR) is 134 cm³/mol. The second-order valence-corrected chi connectivity index (χ2v) is 11.9. The molecule has 194 valence electrons. The van der Waals surface area contributed by atoms with E-state index in [1.807, 2.05) is 11.8 Å². The van der Waals surface area contributed by atoms with E-state index in [4.69, 9.17) is 9.47 Å². The van der Waals surface area contributed by atoms with Crippen molar-refractivity contribution in [3.05, 3.63) is 28.8 Å². The average Bonchev–Trinajstić information content (AvgIpc) is 3.19. The van der Waals surface area contributed by atoms with Gasteiger partial charge in [0.2, 0.25) is 5.91 Å². The number of piperidine rings is 1. The molecule has 1 aromatic rings. The molecule has 0 spiro atoms. The highest BCUT2D eigenvalue weighted by molar-refractivity contribution is 5.87. The maximum atomic E-state index is 13.0. The van der Waals surface area contributed by atoms with Gasteiger partial charge in [0.05, 0.1) is 6.61 Å². The minimum Gasteiger partial charge on any atom is -0.410 e. The maximum absolute atomic E-state index is 13.0. The predicted octanol–water partition coefficient (Wildman–Crippen LogP) is 4.24. The number of ether oxygens (including phenoxy) is 2. The second kappa shape index (κ2) is 9.16. The van der Waals surface area contributed by atoms with Crippen LogP contribution in [0.3, 0.4) is 0 Å². The normalized spacial score (nSPS) is 32.7. The van der Waals surface area contributed by atoms with Crippen molar-refractivity contribution in [2.75, 3.05) is 32.8 Å². The second-order valence-electron chi connectivity index (χ2n) is 11.9. The number of aryl methyl sites for hydroxylation is 2. The SMILES string of the molecule is Cc1cc2c(cc1OC(=O)N1CCC(N3CCOCC3=O)CC1)CCC1C2CCC2(C)C(=O)CCC12. The van der Waals surface area contributed by atoms with Gasteiger partial charge in [0.15, 0.2) is 0 Å². The van der Waals surface area contributed by atoms with E-state index in [-0.39, 0.29) is 30.1 Å². The summed E-state index contributed by atoms with van der Waals surface area (Å²) < 4.78 is 11.2. The Morgan fingerprint density at radius 1 is 1.06 bits per heavy atom. The molecular weight excluding hydrogens is 456 g/mol. The van der Waals surface area contributed by atoms with E-state index in [0.29, 0.717) is 55.5 Å². The molecular formula is C29H38N2O5. The molecule has 1 aromatic carbocycles. The summed E-state index contributed by atoms with van der Waals surface area (Å²) in [6.45, 7) is 6.84. The summed E-state index contributed by atoms with van der Waals surface area (Å²) in [7, 11) is 0. The quantitative estimate of drug-likeness (QED) is 0.615. The van der Waals surface area contributed by atoms with Crippen LogP contribution >= 0.6 is 0 Å². The van der Waals surface area contributed by atoms with Crippen LogP contribution in [0, 0.1) is 24.2 Å². The van der Waals surface area contributed by atoms with Gasteiger partial charge < -0.3 is 19.3 Å². The van der Waals surface area contributed by atoms with Crippen LogP contribution in [-0.4, -0.2) is 66.5 Å². The van der Waals surface area contributed by atoms with E-state index in [1.54, 1.807) is 4.90 Å². The summed E-state index contributed by atoms with van der Waals surface area (Å²) in [5, 5.41) is 0. The molecule has 2 heterocycles. The molecule has 0 radical (unpaired) electrons. The van der Waals surface area contributed by atoms with Crippen molar-refractivity contribution in [3.8, 4) is 5.75 Å². The van der Waals surface area contributed by atoms with Crippen LogP contribution in [-0.2, 0) is 20.7 Å². The third-order valence-electron chi connectivity index (χ3n) is 10.1. The van der Waals surface area contributed by atoms with Gasteiger partial charge in [-0.15, -0.1) is 0 Å². The molecule has 4 atom stereocenters. The van der Waals surface area contributed by atoms with Gasteiger partial charge in [-0.25, -0.2) is 4.79 Å². The van der Waals surface area contributed by atoms with Crippen LogP contribution in [0.1, 0.15) is 74.5 Å². The zero-order chi connectivity index (χ0) is 25.0. The van der Waals surface area contributed by atoms with Gasteiger partial charge in [-0.3, -0.25) is 9.59 Å². The van der Waals surface area contributed by atoms with Gasteiger partial charge in [0.25, 0.3) is 0 Å². The number of hydrogen-bond donors (Lipinski definition) is 0. The Kier molecular flexibility index (Phi) is 6.09. The number of Topliss-reactive ketones (excluding diaryl/α,β-unsaturated/α-hetero) is 1. The first-order valence-electron chi connectivity index (χ1n) is 13.9. The topological polar surface area (TPSA) is 76.2 Å². The molecule has 2 saturated heterocycles. The molecule has 4 fully saturated rings. The molecule has 0 aromatic heterocycles. The zero-order valence-electron chi connectivity index (χ0n) is 21.6. The molecule has 36 heavy (non-hydrogen) atoms. The number of ketones is 1. The van der Waals surface area contributed by atoms with Crippen molar-refractivity contribution in [3.63, 3.8) is 0 Å². The number of rotatable bonds is 2. The third kappa shape index (κ3) is 3.94. The Morgan fingerprint density at radius 2 is 1.86 bits per heavy atom. The fourth-order valence-electron chi connectivity index (χ4n) is 8.03. The molecule has 2 aliphatic heterocycles. The number of carbonyl (C=O) groups is 3. The number of benzene rings is 1. The van der Waals surface area contributed by atoms with Crippen LogP contribution < -0.4 is 4.74 Å². The molecule has 6 rings (SSSR count). The van der Waals surface area contributed by atoms with Crippen molar-refractivity contribution in [2.24, 2.45) is 17.3 Å². The Bertz CT molecular complexity index is 1080. The molecule has 3 aliphatic carbocycles. The molecule has 7 heteroatoms. The van der Waals surface area contributed by atoms with Gasteiger partial charge in [0, 0.05) is 37.5 Å². The summed E-state index contributed by atoms with van der Waals surface area (Å²) in [4.78, 5) is 41.5. The van der Waals surface area contributed by atoms with Crippen LogP contribution in [0.25, 0.3) is 0 Å². The standard InChI is InChI=1S/C29H38N2O5/c1-18-15-23-19(3-4-22-21(23)7-10-29(2)24(22)5-6-26(29)32)16-25(18)36-28(34)30-11-8-20(9-12-30)31-13-14-35-17-27(31)33/h15-16,20-22,24H,3-14,17H2,1-2H3. The number of hydrogen-bond acceptors (Lipinski definition) is 5. The summed E-state index contributed by atoms with van der Waals surface area (Å²) in [5.41, 5.74) is 3.63. The molecule has 2 saturated carbocycles. The van der Waals surface area contributed by atoms with Gasteiger partial charge in [0.1, 0.15) is 18.1 Å². The number of morpholine rings is 1. The summed E-state index contributed by atoms with van der Waals surface area (Å²) in [6.07, 6.45) is 7.25. The zero-order valence-corrected chi connectivity index (χ0v) is 21.6. The van der Waals surface area contributed by atoms with E-state index in [1.165, 1.54) is 11.1 Å². The highest BCUT2D eigenvalue weighted by Gasteiger charge is 2.54. The first-order valence-corrected chi connectivity index (χ1v) is 13.9. The van der Waals surface area contributed by atoms with Crippen molar-refractivity contribution in [1.82, 2.24) is 9.80 Å². The summed E-state index contributed by atoms with van der Waals surface area (Å²) in [5.74, 6) is 2.83. The van der Waals surface area contributed by atoms with E-state index >= 15 is 0 Å². The van der Waals surface area contributed by atoms with E-state index in [9.17, 15) is 14.4 Å². The lowest BCUT2D eigenvalue weighted by molar-refractivity contribution is -0.146. The number of likely N-dealkylation sites (tertiary alicyclic amines) is 1. The van der Waals surface area contributed by atoms with Crippen LogP contribution in [0.4, 0.5) is 4.79 Å². The minimum absolute atomic E-state index is 0.0522. The van der Waals surface area contributed by atoms with Crippen molar-refractivity contribution < 1.29 is 23.9 Å². The van der Waals surface area contributed by atoms with Crippen LogP contribution in [0.15, 0.2) is 12.1 Å². The molecule has 4 unspecified atom stereocenters. The number of carbonyl (C=O) groups excluding carboxylic acids is 3. The number of fused-ring (bicyclic) bond motifs is 5. The first-order chi connectivity index (χ1) is 17.3. The molecule has 0 bridgehead atoms. The molecule has 0 N–H and O–H groups in total. The fourth-order valence-corrected chi connectivity index (χ4v) is 8.03. The summed E-state index contributed by atoms with van der Waals surface area (Å²) in [6, 6.07) is 4.53. The monoisotopic (exact) mass is 494 g/mol. The van der Waals surface area contributed by atoms with Crippen molar-refractivity contribution >= 4 is 17.8 Å². The molecule has 5 aliphatic rings. The Morgan fingerprint density at radius 3 is 2.64 bits per heavy atom. The van der Waals surface area contributed by atoms with E-state index in [2.05, 4.69) is 19.1 Å². The Labute approximate surface area is 213 Å². The smallest absolute Gasteiger partial charge is 0.410 e. The number of amides is 2. The first kappa shape index (κ1) is 24.0. The lowest BCUT2D eigenvalue weighted by atomic mass is 9.55. The summed E-state index contributed by atoms with van der Waals surface area (Å²) >= 11 is 0. The van der Waals surface area contributed by atoms with E-state index in [0.717, 1.165) is 56.9 Å². The van der Waals surface area contributed by atoms with Gasteiger partial charge in [-0.2, -0.15) is 0 Å². The fraction of sp³-hybridized carbons (Fsp3) is 0.690. The van der Waals surface area contributed by atoms with Gasteiger partial charge in [-0.1, -0.05) is 13.0 Å². The van der Waals surface area contributed by atoms with Crippen LogP contribution in [0.5, 0.6) is 5.75 Å². The Hall–Kier alpha value is -2.41. The molecule has 2 amide bonds. The van der Waals surface area contributed by atoms with Crippen molar-refractivity contribution in [1.29, 1.82) is 0 Å². The average molecular weight is 495 g/mol. The minimum atomic E-state index is -0.295. The highest BCUT2D eigenvalue weighted by atomic mass is 16.6. The highest BCUT2D eigenvalue weighted by Crippen LogP contribution is 2.59. The number of nitrogens with zero attached hydrogens (tertiary/aromatic N) is 2. The lowest BCUT2D eigenvalue weighted by Crippen LogP contribution is -2.52. The maximum Gasteiger partial charge on any atom is 0.415 e. The van der Waals surface area contributed by atoms with Gasteiger partial charge >= 0.3 is 6.09 Å². The lowest BCUT2D eigenvalue weighted by Gasteiger charge is -2.48. The Balaban J connectivity index is 1.11. The molecule has 7 nitrogen and oxygen atoms in total. The third-order valence-corrected chi connectivity index (χ3v) is 10.1.